The highest BCUT2D eigenvalue weighted by Gasteiger charge is 2.25. The smallest absolute Gasteiger partial charge is 0.243 e. The minimum atomic E-state index is -3.48. The predicted molar refractivity (Wildman–Crippen MR) is 77.2 cm³/mol. The molecule has 6 heteroatoms. The molecule has 19 heavy (non-hydrogen) atoms. The lowest BCUT2D eigenvalue weighted by atomic mass is 10.0. The number of aromatic nitrogens is 1. The third-order valence-corrected chi connectivity index (χ3v) is 5.30. The maximum atomic E-state index is 12.5. The molecule has 0 unspecified atom stereocenters. The van der Waals surface area contributed by atoms with Gasteiger partial charge in [0.1, 0.15) is 5.82 Å². The molecule has 0 radical (unpaired) electrons. The van der Waals surface area contributed by atoms with Gasteiger partial charge in [-0.1, -0.05) is 33.6 Å². The van der Waals surface area contributed by atoms with Crippen molar-refractivity contribution < 1.29 is 8.42 Å². The van der Waals surface area contributed by atoms with E-state index in [4.69, 9.17) is 5.73 Å². The van der Waals surface area contributed by atoms with Crippen LogP contribution in [0.25, 0.3) is 0 Å². The van der Waals surface area contributed by atoms with E-state index in [1.807, 2.05) is 6.92 Å². The monoisotopic (exact) mass is 285 g/mol. The molecule has 2 N–H and O–H groups in total. The molecule has 0 saturated heterocycles. The fourth-order valence-corrected chi connectivity index (χ4v) is 3.52. The second kappa shape index (κ2) is 6.86. The standard InChI is InChI=1S/C13H23N3O2S/c1-4-11(5-2)10-16(6-3)19(17,18)12-7-8-15-13(14)9-12/h7-9,11H,4-6,10H2,1-3H3,(H2,14,15). The van der Waals surface area contributed by atoms with Gasteiger partial charge in [-0.3, -0.25) is 0 Å². The van der Waals surface area contributed by atoms with Crippen LogP contribution in [-0.2, 0) is 10.0 Å². The number of pyridine rings is 1. The fourth-order valence-electron chi connectivity index (χ4n) is 1.97. The number of nitrogens with zero attached hydrogens (tertiary/aromatic N) is 2. The number of nitrogens with two attached hydrogens (primary N) is 1. The maximum absolute atomic E-state index is 12.5. The third-order valence-electron chi connectivity index (χ3n) is 3.36. The zero-order valence-corrected chi connectivity index (χ0v) is 12.7. The first-order valence-electron chi connectivity index (χ1n) is 6.67. The van der Waals surface area contributed by atoms with Crippen molar-refractivity contribution in [3.63, 3.8) is 0 Å². The molecule has 0 aromatic carbocycles. The van der Waals surface area contributed by atoms with Crippen LogP contribution in [0, 0.1) is 5.92 Å². The first-order chi connectivity index (χ1) is 8.95. The topological polar surface area (TPSA) is 76.3 Å². The number of anilines is 1. The van der Waals surface area contributed by atoms with Gasteiger partial charge in [-0.2, -0.15) is 4.31 Å². The summed E-state index contributed by atoms with van der Waals surface area (Å²) < 4.78 is 26.6. The highest BCUT2D eigenvalue weighted by molar-refractivity contribution is 7.89. The van der Waals surface area contributed by atoms with E-state index in [9.17, 15) is 8.42 Å². The van der Waals surface area contributed by atoms with Crippen molar-refractivity contribution in [3.8, 4) is 0 Å². The normalized spacial score (nSPS) is 12.3. The first kappa shape index (κ1) is 15.9. The predicted octanol–water partition coefficient (Wildman–Crippen LogP) is 2.11. The molecule has 0 aliphatic carbocycles. The van der Waals surface area contributed by atoms with Crippen LogP contribution in [0.5, 0.6) is 0 Å². The molecule has 1 aromatic rings. The van der Waals surface area contributed by atoms with Gasteiger partial charge in [0.2, 0.25) is 10.0 Å². The lowest BCUT2D eigenvalue weighted by molar-refractivity contribution is 0.339. The highest BCUT2D eigenvalue weighted by Crippen LogP contribution is 2.19. The minimum absolute atomic E-state index is 0.216. The van der Waals surface area contributed by atoms with Crippen LogP contribution in [-0.4, -0.2) is 30.8 Å². The van der Waals surface area contributed by atoms with Crippen LogP contribution >= 0.6 is 0 Å². The number of sulfonamides is 1. The minimum Gasteiger partial charge on any atom is -0.384 e. The molecule has 0 aliphatic heterocycles. The van der Waals surface area contributed by atoms with E-state index in [-0.39, 0.29) is 10.7 Å². The van der Waals surface area contributed by atoms with E-state index in [0.29, 0.717) is 19.0 Å². The SMILES string of the molecule is CCC(CC)CN(CC)S(=O)(=O)c1ccnc(N)c1. The summed E-state index contributed by atoms with van der Waals surface area (Å²) in [5.41, 5.74) is 5.56. The second-order valence-corrected chi connectivity index (χ2v) is 6.49. The van der Waals surface area contributed by atoms with Gasteiger partial charge in [0.25, 0.3) is 0 Å². The molecule has 108 valence electrons. The summed E-state index contributed by atoms with van der Waals surface area (Å²) in [6.07, 6.45) is 3.37. The Hall–Kier alpha value is -1.14. The van der Waals surface area contributed by atoms with E-state index in [1.54, 1.807) is 0 Å². The summed E-state index contributed by atoms with van der Waals surface area (Å²) in [5, 5.41) is 0. The lowest BCUT2D eigenvalue weighted by Gasteiger charge is -2.24. The molecule has 0 aliphatic rings. The van der Waals surface area contributed by atoms with Crippen molar-refractivity contribution in [2.45, 2.75) is 38.5 Å². The Balaban J connectivity index is 3.02. The summed E-state index contributed by atoms with van der Waals surface area (Å²) in [7, 11) is -3.48. The molecule has 0 amide bonds. The summed E-state index contributed by atoms with van der Waals surface area (Å²) in [4.78, 5) is 4.04. The Morgan fingerprint density at radius 3 is 2.42 bits per heavy atom. The molecule has 1 rings (SSSR count). The molecule has 0 bridgehead atoms. The molecule has 0 saturated carbocycles. The van der Waals surface area contributed by atoms with E-state index in [2.05, 4.69) is 18.8 Å². The van der Waals surface area contributed by atoms with Crippen molar-refractivity contribution >= 4 is 15.8 Å². The molecule has 1 aromatic heterocycles. The molecule has 0 spiro atoms. The zero-order valence-electron chi connectivity index (χ0n) is 11.8. The van der Waals surface area contributed by atoms with Crippen LogP contribution in [0.15, 0.2) is 23.2 Å². The van der Waals surface area contributed by atoms with Gasteiger partial charge in [0.05, 0.1) is 4.90 Å². The Bertz CT molecular complexity index is 498. The van der Waals surface area contributed by atoms with Crippen molar-refractivity contribution in [2.75, 3.05) is 18.8 Å². The molecule has 1 heterocycles. The third kappa shape index (κ3) is 3.91. The Morgan fingerprint density at radius 1 is 1.32 bits per heavy atom. The van der Waals surface area contributed by atoms with Crippen LogP contribution in [0.4, 0.5) is 5.82 Å². The average Bonchev–Trinajstić information content (AvgIpc) is 2.40. The summed E-state index contributed by atoms with van der Waals surface area (Å²) in [6.45, 7) is 7.03. The largest absolute Gasteiger partial charge is 0.384 e. The molecule has 5 nitrogen and oxygen atoms in total. The first-order valence-corrected chi connectivity index (χ1v) is 8.11. The van der Waals surface area contributed by atoms with E-state index in [1.165, 1.54) is 22.6 Å². The maximum Gasteiger partial charge on any atom is 0.243 e. The van der Waals surface area contributed by atoms with Crippen LogP contribution < -0.4 is 5.73 Å². The summed E-state index contributed by atoms with van der Waals surface area (Å²) >= 11 is 0. The van der Waals surface area contributed by atoms with Gasteiger partial charge in [-0.05, 0) is 12.0 Å². The Kier molecular flexibility index (Phi) is 5.75. The number of hydrogen-bond acceptors (Lipinski definition) is 4. The average molecular weight is 285 g/mol. The molecular formula is C13H23N3O2S. The van der Waals surface area contributed by atoms with Crippen LogP contribution in [0.2, 0.25) is 0 Å². The van der Waals surface area contributed by atoms with Gasteiger partial charge < -0.3 is 5.73 Å². The van der Waals surface area contributed by atoms with Crippen molar-refractivity contribution in [3.05, 3.63) is 18.3 Å². The number of rotatable bonds is 7. The lowest BCUT2D eigenvalue weighted by Crippen LogP contribution is -2.35. The van der Waals surface area contributed by atoms with Crippen LogP contribution in [0.1, 0.15) is 33.6 Å². The van der Waals surface area contributed by atoms with Gasteiger partial charge in [-0.15, -0.1) is 0 Å². The van der Waals surface area contributed by atoms with E-state index in [0.717, 1.165) is 12.8 Å². The quantitative estimate of drug-likeness (QED) is 0.832. The van der Waals surface area contributed by atoms with Gasteiger partial charge in [-0.25, -0.2) is 13.4 Å². The van der Waals surface area contributed by atoms with Crippen molar-refractivity contribution in [1.29, 1.82) is 0 Å². The van der Waals surface area contributed by atoms with Crippen molar-refractivity contribution in [1.82, 2.24) is 9.29 Å². The highest BCUT2D eigenvalue weighted by atomic mass is 32.2. The van der Waals surface area contributed by atoms with Crippen LogP contribution in [0.3, 0.4) is 0 Å². The summed E-state index contributed by atoms with van der Waals surface area (Å²) in [5.74, 6) is 0.605. The second-order valence-electron chi connectivity index (χ2n) is 4.55. The van der Waals surface area contributed by atoms with E-state index < -0.39 is 10.0 Å². The van der Waals surface area contributed by atoms with Gasteiger partial charge in [0.15, 0.2) is 0 Å². The molecule has 0 atom stereocenters. The Morgan fingerprint density at radius 2 is 1.95 bits per heavy atom. The Labute approximate surface area is 115 Å². The van der Waals surface area contributed by atoms with Gasteiger partial charge in [0, 0.05) is 25.4 Å². The number of nitrogen functional groups attached to an aromatic ring is 1. The molecular weight excluding hydrogens is 262 g/mol. The zero-order chi connectivity index (χ0) is 14.5. The summed E-state index contributed by atoms with van der Waals surface area (Å²) in [6, 6.07) is 2.89. The number of hydrogen-bond donors (Lipinski definition) is 1. The fraction of sp³-hybridized carbons (Fsp3) is 0.615. The van der Waals surface area contributed by atoms with Crippen molar-refractivity contribution in [2.24, 2.45) is 5.92 Å². The van der Waals surface area contributed by atoms with E-state index >= 15 is 0 Å². The van der Waals surface area contributed by atoms with Gasteiger partial charge >= 0.3 is 0 Å². The molecule has 0 fully saturated rings.